The summed E-state index contributed by atoms with van der Waals surface area (Å²) >= 11 is 6.10. The first-order valence-corrected chi connectivity index (χ1v) is 11.0. The number of nitrogens with zero attached hydrogens (tertiary/aromatic N) is 1. The molecule has 2 N–H and O–H groups in total. The number of hydrogen-bond acceptors (Lipinski definition) is 3. The van der Waals surface area contributed by atoms with E-state index in [0.717, 1.165) is 31.2 Å². The van der Waals surface area contributed by atoms with Crippen molar-refractivity contribution in [1.82, 2.24) is 4.90 Å². The zero-order chi connectivity index (χ0) is 22.0. The third kappa shape index (κ3) is 4.74. The molecule has 0 radical (unpaired) electrons. The van der Waals surface area contributed by atoms with Crippen LogP contribution in [0.1, 0.15) is 64.8 Å². The maximum absolute atomic E-state index is 13.5. The molecule has 2 aromatic rings. The number of aromatic carboxylic acids is 1. The summed E-state index contributed by atoms with van der Waals surface area (Å²) < 4.78 is 0. The van der Waals surface area contributed by atoms with Crippen molar-refractivity contribution in [1.29, 1.82) is 0 Å². The van der Waals surface area contributed by atoms with Crippen molar-refractivity contribution in [2.75, 3.05) is 5.32 Å². The van der Waals surface area contributed by atoms with Crippen LogP contribution in [0.2, 0.25) is 5.02 Å². The van der Waals surface area contributed by atoms with Gasteiger partial charge in [-0.2, -0.15) is 0 Å². The van der Waals surface area contributed by atoms with E-state index in [2.05, 4.69) is 5.32 Å². The number of hydrogen-bond donors (Lipinski definition) is 2. The lowest BCUT2D eigenvalue weighted by Gasteiger charge is -2.32. The molecule has 1 heterocycles. The second kappa shape index (κ2) is 9.10. The summed E-state index contributed by atoms with van der Waals surface area (Å²) in [4.78, 5) is 39.5. The Balaban J connectivity index is 1.67. The standard InChI is InChI=1S/C24H25ClN2O4/c25-18-10-11-19-20(13-18)26-22(28)21(12-15-4-2-1-3-5-15)27(23(19)29)14-16-6-8-17(9-7-16)24(30)31/h6-11,13,15,21H,1-5,12,14H2,(H,26,28)(H,30,31)/t21-/m1/s1. The van der Waals surface area contributed by atoms with Crippen molar-refractivity contribution in [3.8, 4) is 0 Å². The number of carboxylic acids is 1. The molecule has 1 saturated carbocycles. The predicted octanol–water partition coefficient (Wildman–Crippen LogP) is 4.97. The summed E-state index contributed by atoms with van der Waals surface area (Å²) in [5, 5.41) is 12.5. The number of nitrogens with one attached hydrogen (secondary N) is 1. The van der Waals surface area contributed by atoms with Gasteiger partial charge >= 0.3 is 5.97 Å². The van der Waals surface area contributed by atoms with E-state index < -0.39 is 12.0 Å². The molecule has 6 nitrogen and oxygen atoms in total. The average molecular weight is 441 g/mol. The molecule has 0 unspecified atom stereocenters. The van der Waals surface area contributed by atoms with Gasteiger partial charge in [0.1, 0.15) is 6.04 Å². The zero-order valence-electron chi connectivity index (χ0n) is 17.1. The number of carboxylic acid groups (broad SMARTS) is 1. The van der Waals surface area contributed by atoms with Crippen molar-refractivity contribution in [2.45, 2.75) is 51.1 Å². The van der Waals surface area contributed by atoms with Crippen LogP contribution in [0, 0.1) is 5.92 Å². The molecule has 2 aliphatic rings. The molecular weight excluding hydrogens is 416 g/mol. The lowest BCUT2D eigenvalue weighted by molar-refractivity contribution is -0.121. The van der Waals surface area contributed by atoms with Crippen LogP contribution in [0.4, 0.5) is 5.69 Å². The number of carbonyl (C=O) groups excluding carboxylic acids is 2. The van der Waals surface area contributed by atoms with Crippen LogP contribution in [0.5, 0.6) is 0 Å². The molecule has 0 bridgehead atoms. The molecule has 162 valence electrons. The largest absolute Gasteiger partial charge is 0.478 e. The maximum Gasteiger partial charge on any atom is 0.335 e. The van der Waals surface area contributed by atoms with Crippen LogP contribution >= 0.6 is 11.6 Å². The van der Waals surface area contributed by atoms with Crippen LogP contribution in [0.25, 0.3) is 0 Å². The number of carbonyl (C=O) groups is 3. The molecule has 0 aromatic heterocycles. The SMILES string of the molecule is O=C(O)c1ccc(CN2C(=O)c3ccc(Cl)cc3NC(=O)[C@H]2CC2CCCCC2)cc1. The van der Waals surface area contributed by atoms with Crippen LogP contribution in [0.3, 0.4) is 0 Å². The smallest absolute Gasteiger partial charge is 0.335 e. The van der Waals surface area contributed by atoms with Crippen molar-refractivity contribution in [3.05, 3.63) is 64.2 Å². The third-order valence-electron chi connectivity index (χ3n) is 6.24. The minimum absolute atomic E-state index is 0.183. The van der Waals surface area contributed by atoms with Gasteiger partial charge in [-0.05, 0) is 48.2 Å². The fourth-order valence-electron chi connectivity index (χ4n) is 4.56. The lowest BCUT2D eigenvalue weighted by Crippen LogP contribution is -2.46. The van der Waals surface area contributed by atoms with Crippen LogP contribution in [0.15, 0.2) is 42.5 Å². The van der Waals surface area contributed by atoms with Gasteiger partial charge in [-0.25, -0.2) is 4.79 Å². The number of benzene rings is 2. The van der Waals surface area contributed by atoms with Crippen molar-refractivity contribution >= 4 is 35.1 Å². The van der Waals surface area contributed by atoms with Crippen molar-refractivity contribution in [2.24, 2.45) is 5.92 Å². The first kappa shape index (κ1) is 21.4. The van der Waals surface area contributed by atoms with Crippen LogP contribution in [-0.2, 0) is 11.3 Å². The quantitative estimate of drug-likeness (QED) is 0.687. The Kier molecular flexibility index (Phi) is 6.28. The Bertz CT molecular complexity index is 999. The van der Waals surface area contributed by atoms with E-state index in [-0.39, 0.29) is 23.9 Å². The number of fused-ring (bicyclic) bond motifs is 1. The Labute approximate surface area is 186 Å². The minimum atomic E-state index is -1.00. The summed E-state index contributed by atoms with van der Waals surface area (Å²) in [6.45, 7) is 0.228. The first-order valence-electron chi connectivity index (χ1n) is 10.7. The van der Waals surface area contributed by atoms with Gasteiger partial charge < -0.3 is 15.3 Å². The Hall–Kier alpha value is -2.86. The van der Waals surface area contributed by atoms with E-state index in [4.69, 9.17) is 16.7 Å². The third-order valence-corrected chi connectivity index (χ3v) is 6.48. The second-order valence-electron chi connectivity index (χ2n) is 8.37. The van der Waals surface area contributed by atoms with Gasteiger partial charge in [0.25, 0.3) is 5.91 Å². The van der Waals surface area contributed by atoms with Gasteiger partial charge in [-0.3, -0.25) is 9.59 Å². The van der Waals surface area contributed by atoms with E-state index in [9.17, 15) is 14.4 Å². The summed E-state index contributed by atoms with van der Waals surface area (Å²) in [5.74, 6) is -1.04. The van der Waals surface area contributed by atoms with Gasteiger partial charge in [0.15, 0.2) is 0 Å². The molecule has 1 atom stereocenters. The Morgan fingerprint density at radius 1 is 1.06 bits per heavy atom. The van der Waals surface area contributed by atoms with E-state index >= 15 is 0 Å². The molecule has 1 fully saturated rings. The van der Waals surface area contributed by atoms with Crippen LogP contribution < -0.4 is 5.32 Å². The van der Waals surface area contributed by atoms with E-state index in [1.54, 1.807) is 35.2 Å². The number of amides is 2. The van der Waals surface area contributed by atoms with E-state index in [1.165, 1.54) is 18.6 Å². The number of rotatable bonds is 5. The number of anilines is 1. The Morgan fingerprint density at radius 2 is 1.77 bits per heavy atom. The highest BCUT2D eigenvalue weighted by Gasteiger charge is 2.37. The molecule has 31 heavy (non-hydrogen) atoms. The highest BCUT2D eigenvalue weighted by molar-refractivity contribution is 6.31. The van der Waals surface area contributed by atoms with Gasteiger partial charge in [0, 0.05) is 11.6 Å². The second-order valence-corrected chi connectivity index (χ2v) is 8.81. The predicted molar refractivity (Wildman–Crippen MR) is 118 cm³/mol. The molecule has 4 rings (SSSR count). The first-order chi connectivity index (χ1) is 14.9. The summed E-state index contributed by atoms with van der Waals surface area (Å²) in [6.07, 6.45) is 6.27. The normalized spacial score (nSPS) is 19.5. The van der Waals surface area contributed by atoms with Crippen LogP contribution in [-0.4, -0.2) is 33.8 Å². The Morgan fingerprint density at radius 3 is 2.45 bits per heavy atom. The molecule has 2 amide bonds. The summed E-state index contributed by atoms with van der Waals surface area (Å²) in [7, 11) is 0. The molecule has 0 saturated heterocycles. The van der Waals surface area contributed by atoms with Gasteiger partial charge in [0.05, 0.1) is 16.8 Å². The fourth-order valence-corrected chi connectivity index (χ4v) is 4.74. The molecular formula is C24H25ClN2O4. The molecule has 1 aliphatic heterocycles. The molecule has 1 aliphatic carbocycles. The fraction of sp³-hybridized carbons (Fsp3) is 0.375. The average Bonchev–Trinajstić information content (AvgIpc) is 2.85. The molecule has 7 heteroatoms. The minimum Gasteiger partial charge on any atom is -0.478 e. The highest BCUT2D eigenvalue weighted by atomic mass is 35.5. The van der Waals surface area contributed by atoms with E-state index in [0.29, 0.717) is 28.6 Å². The summed E-state index contributed by atoms with van der Waals surface area (Å²) in [5.41, 5.74) is 1.80. The van der Waals surface area contributed by atoms with Crippen molar-refractivity contribution in [3.63, 3.8) is 0 Å². The lowest BCUT2D eigenvalue weighted by atomic mass is 9.84. The maximum atomic E-state index is 13.5. The molecule has 2 aromatic carbocycles. The summed E-state index contributed by atoms with van der Waals surface area (Å²) in [6, 6.07) is 10.7. The van der Waals surface area contributed by atoms with Gasteiger partial charge in [0.2, 0.25) is 5.91 Å². The van der Waals surface area contributed by atoms with Gasteiger partial charge in [-0.15, -0.1) is 0 Å². The topological polar surface area (TPSA) is 86.7 Å². The molecule has 0 spiro atoms. The van der Waals surface area contributed by atoms with E-state index in [1.807, 2.05) is 0 Å². The monoisotopic (exact) mass is 440 g/mol. The zero-order valence-corrected chi connectivity index (χ0v) is 17.9. The van der Waals surface area contributed by atoms with Gasteiger partial charge in [-0.1, -0.05) is 55.8 Å². The highest BCUT2D eigenvalue weighted by Crippen LogP contribution is 2.33. The van der Waals surface area contributed by atoms with Crippen molar-refractivity contribution < 1.29 is 19.5 Å². The number of halogens is 1.